The maximum absolute atomic E-state index is 13.2. The summed E-state index contributed by atoms with van der Waals surface area (Å²) in [4.78, 5) is 25.0. The Hall–Kier alpha value is -3.65. The zero-order valence-corrected chi connectivity index (χ0v) is 24.8. The first-order valence-corrected chi connectivity index (χ1v) is 15.2. The first kappa shape index (κ1) is 32.3. The number of aliphatic hydroxyl groups excluding tert-OH is 2. The second kappa shape index (κ2) is 13.3. The van der Waals surface area contributed by atoms with Crippen LogP contribution in [0.1, 0.15) is 29.3 Å². The van der Waals surface area contributed by atoms with E-state index in [9.17, 15) is 33.3 Å². The quantitative estimate of drug-likeness (QED) is 0.218. The Morgan fingerprint density at radius 3 is 2.19 bits per heavy atom. The van der Waals surface area contributed by atoms with Gasteiger partial charge in [0.05, 0.1) is 17.1 Å². The van der Waals surface area contributed by atoms with Crippen molar-refractivity contribution >= 4 is 21.9 Å². The van der Waals surface area contributed by atoms with Crippen molar-refractivity contribution in [2.24, 2.45) is 5.92 Å². The standard InChI is InChI=1S/C31H36N2O9S/c1-19-9-15-24(16-10-19)43(39,40)33-25-17-31(41-3,30(37)38)42-28(20(25)2)27(35)26(34)18-32-29(36)23-13-11-22(12-14-23)21-7-5-4-6-8-21/h4-16,20,25-28,33-35H,17-18H2,1-3H3,(H,32,36)(H,37,38)/t20-,25-,26-,27-,28?,31-/m1/s1. The molecule has 1 amide bonds. The predicted molar refractivity (Wildman–Crippen MR) is 158 cm³/mol. The van der Waals surface area contributed by atoms with Crippen molar-refractivity contribution in [2.45, 2.75) is 55.3 Å². The van der Waals surface area contributed by atoms with Crippen molar-refractivity contribution in [1.82, 2.24) is 10.0 Å². The maximum atomic E-state index is 13.2. The minimum atomic E-state index is -4.09. The molecule has 11 nitrogen and oxygen atoms in total. The third-order valence-corrected chi connectivity index (χ3v) is 9.22. The van der Waals surface area contributed by atoms with Gasteiger partial charge in [-0.2, -0.15) is 0 Å². The van der Waals surface area contributed by atoms with E-state index in [-0.39, 0.29) is 11.4 Å². The van der Waals surface area contributed by atoms with E-state index in [2.05, 4.69) is 10.0 Å². The van der Waals surface area contributed by atoms with Crippen LogP contribution in [-0.4, -0.2) is 79.4 Å². The first-order chi connectivity index (χ1) is 20.4. The highest BCUT2D eigenvalue weighted by Crippen LogP contribution is 2.36. The molecular formula is C31H36N2O9S. The van der Waals surface area contributed by atoms with E-state index >= 15 is 0 Å². The second-order valence-corrected chi connectivity index (χ2v) is 12.4. The lowest BCUT2D eigenvalue weighted by Crippen LogP contribution is -2.64. The summed E-state index contributed by atoms with van der Waals surface area (Å²) in [7, 11) is -3.00. The van der Waals surface area contributed by atoms with E-state index in [0.29, 0.717) is 5.56 Å². The van der Waals surface area contributed by atoms with Gasteiger partial charge in [0.25, 0.3) is 11.7 Å². The van der Waals surface area contributed by atoms with Crippen molar-refractivity contribution in [3.8, 4) is 11.1 Å². The summed E-state index contributed by atoms with van der Waals surface area (Å²) in [6, 6.07) is 21.5. The van der Waals surface area contributed by atoms with E-state index in [1.165, 1.54) is 12.1 Å². The number of ether oxygens (including phenoxy) is 2. The number of carbonyl (C=O) groups excluding carboxylic acids is 1. The lowest BCUT2D eigenvalue weighted by Gasteiger charge is -2.46. The van der Waals surface area contributed by atoms with Crippen LogP contribution in [0.5, 0.6) is 0 Å². The molecule has 3 aromatic rings. The number of amides is 1. The summed E-state index contributed by atoms with van der Waals surface area (Å²) in [5.74, 6) is -5.14. The predicted octanol–water partition coefficient (Wildman–Crippen LogP) is 2.31. The fraction of sp³-hybridized carbons (Fsp3) is 0.355. The highest BCUT2D eigenvalue weighted by Gasteiger charge is 2.54. The normalized spacial score (nSPS) is 23.7. The van der Waals surface area contributed by atoms with Crippen molar-refractivity contribution in [3.05, 3.63) is 90.0 Å². The highest BCUT2D eigenvalue weighted by molar-refractivity contribution is 7.89. The van der Waals surface area contributed by atoms with Gasteiger partial charge >= 0.3 is 5.97 Å². The number of aliphatic carboxylic acids is 1. The van der Waals surface area contributed by atoms with E-state index in [1.54, 1.807) is 43.3 Å². The third-order valence-electron chi connectivity index (χ3n) is 7.72. The summed E-state index contributed by atoms with van der Waals surface area (Å²) >= 11 is 0. The highest BCUT2D eigenvalue weighted by atomic mass is 32.2. The minimum Gasteiger partial charge on any atom is -0.477 e. The molecule has 1 aliphatic rings. The Morgan fingerprint density at radius 2 is 1.60 bits per heavy atom. The average molecular weight is 613 g/mol. The van der Waals surface area contributed by atoms with Crippen LogP contribution in [0.3, 0.4) is 0 Å². The number of methoxy groups -OCH3 is 1. The SMILES string of the molecule is CO[C@]1(C(=O)O)C[C@@H](NS(=O)(=O)c2ccc(C)cc2)[C@@H](C)C([C@H](O)[C@H](O)CNC(=O)c2ccc(-c3ccccc3)cc2)O1. The van der Waals surface area contributed by atoms with E-state index in [0.717, 1.165) is 23.8 Å². The number of rotatable bonds is 11. The molecule has 5 N–H and O–H groups in total. The summed E-state index contributed by atoms with van der Waals surface area (Å²) in [6.07, 6.45) is -5.08. The summed E-state index contributed by atoms with van der Waals surface area (Å²) in [6.45, 7) is 2.99. The third kappa shape index (κ3) is 7.29. The molecule has 1 heterocycles. The fourth-order valence-corrected chi connectivity index (χ4v) is 6.36. The molecule has 0 saturated carbocycles. The van der Waals surface area contributed by atoms with Crippen LogP contribution in [0.25, 0.3) is 11.1 Å². The van der Waals surface area contributed by atoms with Gasteiger partial charge in [0.2, 0.25) is 10.0 Å². The van der Waals surface area contributed by atoms with Crippen LogP contribution in [0, 0.1) is 12.8 Å². The van der Waals surface area contributed by atoms with Crippen molar-refractivity contribution in [2.75, 3.05) is 13.7 Å². The Bertz CT molecular complexity index is 1520. The number of hydrogen-bond donors (Lipinski definition) is 5. The molecule has 1 fully saturated rings. The zero-order valence-electron chi connectivity index (χ0n) is 24.0. The van der Waals surface area contributed by atoms with Gasteiger partial charge in [-0.1, -0.05) is 67.1 Å². The molecule has 43 heavy (non-hydrogen) atoms. The van der Waals surface area contributed by atoms with Crippen LogP contribution in [-0.2, 0) is 24.3 Å². The summed E-state index contributed by atoms with van der Waals surface area (Å²) in [5.41, 5.74) is 3.10. The number of sulfonamides is 1. The molecule has 12 heteroatoms. The monoisotopic (exact) mass is 612 g/mol. The first-order valence-electron chi connectivity index (χ1n) is 13.7. The van der Waals surface area contributed by atoms with Crippen molar-refractivity contribution in [3.63, 3.8) is 0 Å². The largest absolute Gasteiger partial charge is 0.477 e. The molecule has 0 bridgehead atoms. The number of carboxylic acid groups (broad SMARTS) is 1. The molecule has 0 radical (unpaired) electrons. The number of carboxylic acids is 1. The Balaban J connectivity index is 1.47. The Morgan fingerprint density at radius 1 is 1.00 bits per heavy atom. The van der Waals surface area contributed by atoms with Crippen LogP contribution in [0.2, 0.25) is 0 Å². The van der Waals surface area contributed by atoms with Gasteiger partial charge in [0, 0.05) is 37.6 Å². The molecule has 1 unspecified atom stereocenters. The minimum absolute atomic E-state index is 0.0215. The van der Waals surface area contributed by atoms with Gasteiger partial charge in [-0.15, -0.1) is 0 Å². The molecular weight excluding hydrogens is 576 g/mol. The topological polar surface area (TPSA) is 171 Å². The fourth-order valence-electron chi connectivity index (χ4n) is 5.03. The smallest absolute Gasteiger partial charge is 0.364 e. The number of nitrogens with one attached hydrogen (secondary N) is 2. The number of benzene rings is 3. The van der Waals surface area contributed by atoms with E-state index < -0.39 is 64.4 Å². The Kier molecular flexibility index (Phi) is 10.0. The van der Waals surface area contributed by atoms with E-state index in [1.807, 2.05) is 37.3 Å². The van der Waals surface area contributed by atoms with Crippen molar-refractivity contribution < 1.29 is 42.8 Å². The van der Waals surface area contributed by atoms with Crippen LogP contribution < -0.4 is 10.0 Å². The average Bonchev–Trinajstić information content (AvgIpc) is 3.01. The molecule has 3 aromatic carbocycles. The number of aryl methyl sites for hydroxylation is 1. The van der Waals surface area contributed by atoms with Gasteiger partial charge in [0.1, 0.15) is 6.10 Å². The van der Waals surface area contributed by atoms with Crippen LogP contribution in [0.15, 0.2) is 83.8 Å². The lowest BCUT2D eigenvalue weighted by molar-refractivity contribution is -0.297. The van der Waals surface area contributed by atoms with Crippen LogP contribution in [0.4, 0.5) is 0 Å². The molecule has 1 saturated heterocycles. The van der Waals surface area contributed by atoms with Gasteiger partial charge in [-0.05, 0) is 42.3 Å². The molecule has 1 aliphatic heterocycles. The van der Waals surface area contributed by atoms with E-state index in [4.69, 9.17) is 9.47 Å². The zero-order chi connectivity index (χ0) is 31.4. The maximum Gasteiger partial charge on any atom is 0.364 e. The molecule has 0 spiro atoms. The number of aliphatic hydroxyl groups is 2. The molecule has 6 atom stereocenters. The summed E-state index contributed by atoms with van der Waals surface area (Å²) in [5, 5.41) is 34.4. The molecule has 0 aromatic heterocycles. The molecule has 230 valence electrons. The second-order valence-electron chi connectivity index (χ2n) is 10.7. The van der Waals surface area contributed by atoms with Gasteiger partial charge in [-0.3, -0.25) is 4.79 Å². The molecule has 4 rings (SSSR count). The molecule has 0 aliphatic carbocycles. The van der Waals surface area contributed by atoms with Gasteiger partial charge < -0.3 is 30.1 Å². The van der Waals surface area contributed by atoms with Crippen LogP contribution >= 0.6 is 0 Å². The summed E-state index contributed by atoms with van der Waals surface area (Å²) < 4.78 is 39.7. The Labute approximate surface area is 250 Å². The van der Waals surface area contributed by atoms with Gasteiger partial charge in [-0.25, -0.2) is 17.9 Å². The number of carbonyl (C=O) groups is 2. The lowest BCUT2D eigenvalue weighted by atomic mass is 9.83. The van der Waals surface area contributed by atoms with Gasteiger partial charge in [0.15, 0.2) is 0 Å². The van der Waals surface area contributed by atoms with Crippen molar-refractivity contribution in [1.29, 1.82) is 0 Å². The number of hydrogen-bond acceptors (Lipinski definition) is 8.